The van der Waals surface area contributed by atoms with Gasteiger partial charge in [-0.05, 0) is 30.4 Å². The molecule has 11 N–H and O–H groups in total. The maximum absolute atomic E-state index is 13.5. The molecular weight excluding hydrogens is 504 g/mol. The van der Waals surface area contributed by atoms with Crippen LogP contribution in [0.1, 0.15) is 38.7 Å². The summed E-state index contributed by atoms with van der Waals surface area (Å²) < 4.78 is 0. The lowest BCUT2D eigenvalue weighted by atomic mass is 9.96. The first kappa shape index (κ1) is 31.2. The number of hydrogen-bond donors (Lipinski definition) is 8. The average Bonchev–Trinajstić information content (AvgIpc) is 3.34. The van der Waals surface area contributed by atoms with Gasteiger partial charge in [0.1, 0.15) is 24.4 Å². The predicted molar refractivity (Wildman–Crippen MR) is 148 cm³/mol. The summed E-state index contributed by atoms with van der Waals surface area (Å²) in [6.07, 6.45) is 3.81. The topological polar surface area (TPSA) is 231 Å². The van der Waals surface area contributed by atoms with Gasteiger partial charge in [0.05, 0.1) is 12.6 Å². The molecule has 214 valence electrons. The van der Waals surface area contributed by atoms with Crippen molar-refractivity contribution in [2.75, 3.05) is 13.2 Å². The summed E-state index contributed by atoms with van der Waals surface area (Å²) >= 11 is 0. The third-order valence-corrected chi connectivity index (χ3v) is 6.52. The second-order valence-electron chi connectivity index (χ2n) is 9.49. The number of aliphatic imine (C=N–C) groups is 1. The average molecular weight is 545 g/mol. The number of amides is 3. The molecular formula is C26H40N8O5. The normalized spacial score (nSPS) is 14.9. The van der Waals surface area contributed by atoms with Crippen molar-refractivity contribution in [1.29, 1.82) is 0 Å². The number of H-pyrrole nitrogens is 1. The second kappa shape index (κ2) is 15.4. The molecule has 0 fully saturated rings. The number of guanidine groups is 1. The van der Waals surface area contributed by atoms with Crippen LogP contribution < -0.4 is 33.2 Å². The van der Waals surface area contributed by atoms with Gasteiger partial charge in [0.15, 0.2) is 5.96 Å². The minimum atomic E-state index is -1.22. The smallest absolute Gasteiger partial charge is 0.243 e. The minimum Gasteiger partial charge on any atom is -0.394 e. The summed E-state index contributed by atoms with van der Waals surface area (Å²) in [7, 11) is 0. The third-order valence-electron chi connectivity index (χ3n) is 6.52. The zero-order chi connectivity index (χ0) is 28.9. The number of aromatic amines is 1. The molecule has 0 unspecified atom stereocenters. The fourth-order valence-electron chi connectivity index (χ4n) is 4.01. The SMILES string of the molecule is CC[C@H](C)[C@H](NC(=O)[C@H](Cc1c[nH]c2ccccc12)NC(=O)[C@@H](N)CO)C(=O)N[C@H](C=O)CCCN=C(N)N. The highest BCUT2D eigenvalue weighted by Crippen LogP contribution is 2.19. The lowest BCUT2D eigenvalue weighted by molar-refractivity contribution is -0.134. The van der Waals surface area contributed by atoms with E-state index in [1.165, 1.54) is 0 Å². The number of nitrogens with one attached hydrogen (secondary N) is 4. The van der Waals surface area contributed by atoms with E-state index in [-0.39, 0.29) is 18.3 Å². The Balaban J connectivity index is 2.21. The Morgan fingerprint density at radius 2 is 1.82 bits per heavy atom. The Kier molecular flexibility index (Phi) is 12.4. The molecule has 3 amide bonds. The first-order valence-electron chi connectivity index (χ1n) is 12.9. The van der Waals surface area contributed by atoms with Crippen LogP contribution in [0.2, 0.25) is 0 Å². The van der Waals surface area contributed by atoms with E-state index in [4.69, 9.17) is 17.2 Å². The number of aromatic nitrogens is 1. The maximum atomic E-state index is 13.5. The van der Waals surface area contributed by atoms with Crippen molar-refractivity contribution in [3.8, 4) is 0 Å². The molecule has 0 spiro atoms. The number of carbonyl (C=O) groups excluding carboxylic acids is 4. The first-order valence-corrected chi connectivity index (χ1v) is 12.9. The minimum absolute atomic E-state index is 0.0598. The number of aldehydes is 1. The Hall–Kier alpha value is -3.97. The van der Waals surface area contributed by atoms with Gasteiger partial charge >= 0.3 is 0 Å². The van der Waals surface area contributed by atoms with Gasteiger partial charge in [-0.15, -0.1) is 0 Å². The molecule has 0 aliphatic heterocycles. The Morgan fingerprint density at radius 3 is 2.46 bits per heavy atom. The monoisotopic (exact) mass is 544 g/mol. The van der Waals surface area contributed by atoms with Crippen LogP contribution in [0.3, 0.4) is 0 Å². The van der Waals surface area contributed by atoms with E-state index in [9.17, 15) is 24.3 Å². The van der Waals surface area contributed by atoms with Gasteiger partial charge in [0.25, 0.3) is 0 Å². The Morgan fingerprint density at radius 1 is 1.10 bits per heavy atom. The van der Waals surface area contributed by atoms with Crippen LogP contribution in [0.5, 0.6) is 0 Å². The highest BCUT2D eigenvalue weighted by atomic mass is 16.3. The maximum Gasteiger partial charge on any atom is 0.243 e. The Bertz CT molecular complexity index is 1150. The molecule has 1 aromatic heterocycles. The van der Waals surface area contributed by atoms with Crippen LogP contribution in [0.4, 0.5) is 0 Å². The molecule has 0 aliphatic rings. The number of para-hydroxylation sites is 1. The summed E-state index contributed by atoms with van der Waals surface area (Å²) in [6, 6.07) is 3.43. The third kappa shape index (κ3) is 9.37. The number of aliphatic hydroxyl groups excluding tert-OH is 1. The van der Waals surface area contributed by atoms with Gasteiger partial charge < -0.3 is 48.0 Å². The van der Waals surface area contributed by atoms with Gasteiger partial charge in [0, 0.05) is 30.1 Å². The van der Waals surface area contributed by atoms with E-state index in [0.717, 1.165) is 16.5 Å². The van der Waals surface area contributed by atoms with Gasteiger partial charge in [-0.1, -0.05) is 38.5 Å². The first-order chi connectivity index (χ1) is 18.6. The van der Waals surface area contributed by atoms with Crippen LogP contribution in [0, 0.1) is 5.92 Å². The molecule has 39 heavy (non-hydrogen) atoms. The van der Waals surface area contributed by atoms with Crippen LogP contribution >= 0.6 is 0 Å². The quantitative estimate of drug-likeness (QED) is 0.0551. The molecule has 5 atom stereocenters. The lowest BCUT2D eigenvalue weighted by Crippen LogP contribution is -2.59. The molecule has 1 heterocycles. The summed E-state index contributed by atoms with van der Waals surface area (Å²) in [6.45, 7) is 3.38. The van der Waals surface area contributed by atoms with Crippen molar-refractivity contribution < 1.29 is 24.3 Å². The van der Waals surface area contributed by atoms with E-state index >= 15 is 0 Å². The van der Waals surface area contributed by atoms with Crippen LogP contribution in [0.15, 0.2) is 35.5 Å². The van der Waals surface area contributed by atoms with Gasteiger partial charge in [-0.25, -0.2) is 0 Å². The molecule has 13 nitrogen and oxygen atoms in total. The van der Waals surface area contributed by atoms with E-state index in [2.05, 4.69) is 25.9 Å². The van der Waals surface area contributed by atoms with E-state index in [0.29, 0.717) is 32.1 Å². The number of nitrogens with zero attached hydrogens (tertiary/aromatic N) is 1. The van der Waals surface area contributed by atoms with Crippen molar-refractivity contribution in [3.05, 3.63) is 36.0 Å². The van der Waals surface area contributed by atoms with Crippen molar-refractivity contribution in [2.45, 2.75) is 63.7 Å². The second-order valence-corrected chi connectivity index (χ2v) is 9.49. The fraction of sp³-hybridized carbons (Fsp3) is 0.500. The van der Waals surface area contributed by atoms with Crippen LogP contribution in [-0.4, -0.2) is 77.4 Å². The summed E-state index contributed by atoms with van der Waals surface area (Å²) in [5, 5.41) is 18.2. The number of rotatable bonds is 16. The summed E-state index contributed by atoms with van der Waals surface area (Å²) in [5.74, 6) is -2.18. The predicted octanol–water partition coefficient (Wildman–Crippen LogP) is -1.22. The highest BCUT2D eigenvalue weighted by molar-refractivity contribution is 5.94. The van der Waals surface area contributed by atoms with Gasteiger partial charge in [0.2, 0.25) is 17.7 Å². The molecule has 1 aromatic carbocycles. The fourth-order valence-corrected chi connectivity index (χ4v) is 4.01. The van der Waals surface area contributed by atoms with Gasteiger partial charge in [-0.3, -0.25) is 19.4 Å². The zero-order valence-electron chi connectivity index (χ0n) is 22.4. The van der Waals surface area contributed by atoms with Crippen molar-refractivity contribution in [1.82, 2.24) is 20.9 Å². The standard InChI is InChI=1S/C26H40N8O5/c1-3-15(2)22(25(39)32-17(13-35)7-6-10-30-26(28)29)34-24(38)21(33-23(37)19(27)14-36)11-16-12-31-20-9-5-4-8-18(16)20/h4-5,8-9,12-13,15,17,19,21-22,31,36H,3,6-7,10-11,14,27H2,1-2H3,(H,32,39)(H,33,37)(H,34,38)(H4,28,29,30)/t15-,17-,19-,21-,22-/m0/s1. The number of fused-ring (bicyclic) bond motifs is 1. The molecule has 0 aliphatic carbocycles. The Labute approximate surface area is 227 Å². The van der Waals surface area contributed by atoms with Crippen LogP contribution in [0.25, 0.3) is 10.9 Å². The van der Waals surface area contributed by atoms with Crippen LogP contribution in [-0.2, 0) is 25.6 Å². The van der Waals surface area contributed by atoms with E-state index < -0.39 is 48.5 Å². The summed E-state index contributed by atoms with van der Waals surface area (Å²) in [4.78, 5) is 57.8. The van der Waals surface area contributed by atoms with Crippen molar-refractivity contribution >= 4 is 40.9 Å². The van der Waals surface area contributed by atoms with Gasteiger partial charge in [-0.2, -0.15) is 0 Å². The number of benzene rings is 1. The van der Waals surface area contributed by atoms with Crippen molar-refractivity contribution in [3.63, 3.8) is 0 Å². The molecule has 0 saturated heterocycles. The number of carbonyl (C=O) groups is 4. The van der Waals surface area contributed by atoms with E-state index in [1.807, 2.05) is 31.2 Å². The molecule has 2 rings (SSSR count). The zero-order valence-corrected chi connectivity index (χ0v) is 22.4. The molecule has 13 heteroatoms. The summed E-state index contributed by atoms with van der Waals surface area (Å²) in [5.41, 5.74) is 17.9. The molecule has 0 bridgehead atoms. The van der Waals surface area contributed by atoms with E-state index in [1.54, 1.807) is 13.1 Å². The number of aliphatic hydroxyl groups is 1. The molecule has 0 saturated carbocycles. The molecule has 0 radical (unpaired) electrons. The number of hydrogen-bond acceptors (Lipinski definition) is 7. The largest absolute Gasteiger partial charge is 0.394 e. The highest BCUT2D eigenvalue weighted by Gasteiger charge is 2.32. The van der Waals surface area contributed by atoms with Crippen molar-refractivity contribution in [2.24, 2.45) is 28.1 Å². The number of nitrogens with two attached hydrogens (primary N) is 3. The molecule has 2 aromatic rings. The lowest BCUT2D eigenvalue weighted by Gasteiger charge is -2.28.